The van der Waals surface area contributed by atoms with E-state index in [9.17, 15) is 5.26 Å². The minimum Gasteiger partial charge on any atom is -0.192 e. The molecule has 0 aliphatic carbocycles. The van der Waals surface area contributed by atoms with Gasteiger partial charge in [-0.1, -0.05) is 56.3 Å². The van der Waals surface area contributed by atoms with E-state index in [0.717, 1.165) is 29.5 Å². The van der Waals surface area contributed by atoms with Gasteiger partial charge < -0.3 is 0 Å². The molecule has 0 amide bonds. The molecule has 0 aromatic heterocycles. The van der Waals surface area contributed by atoms with Crippen LogP contribution in [-0.2, 0) is 6.42 Å². The summed E-state index contributed by atoms with van der Waals surface area (Å²) in [6.45, 7) is 4.45. The topological polar surface area (TPSA) is 23.8 Å². The van der Waals surface area contributed by atoms with Crippen LogP contribution in [0.25, 0.3) is 11.1 Å². The van der Waals surface area contributed by atoms with Gasteiger partial charge in [-0.15, -0.1) is 0 Å². The van der Waals surface area contributed by atoms with Crippen LogP contribution in [0.1, 0.15) is 31.4 Å². The fourth-order valence-corrected chi connectivity index (χ4v) is 2.16. The molecule has 2 aromatic carbocycles. The molecule has 2 rings (SSSR count). The van der Waals surface area contributed by atoms with E-state index in [2.05, 4.69) is 32.0 Å². The molecule has 0 N–H and O–H groups in total. The molecule has 1 nitrogen and oxygen atoms in total. The van der Waals surface area contributed by atoms with Gasteiger partial charge in [0.15, 0.2) is 0 Å². The molecule has 0 saturated carbocycles. The van der Waals surface area contributed by atoms with Gasteiger partial charge in [-0.25, -0.2) is 0 Å². The van der Waals surface area contributed by atoms with Crippen LogP contribution in [0.2, 0.25) is 0 Å². The standard InChI is InChI=1S/C18H19N/c1-14(2)8-9-15-10-11-18(17(12-15)13-19)16-6-4-3-5-7-16/h3-7,10-12,14H,8-9H2,1-2H3. The molecular formula is C18H19N. The molecule has 2 aromatic rings. The van der Waals surface area contributed by atoms with Crippen molar-refractivity contribution in [1.29, 1.82) is 5.26 Å². The predicted molar refractivity (Wildman–Crippen MR) is 79.8 cm³/mol. The van der Waals surface area contributed by atoms with Crippen molar-refractivity contribution in [2.24, 2.45) is 5.92 Å². The number of aryl methyl sites for hydroxylation is 1. The van der Waals surface area contributed by atoms with Crippen LogP contribution in [0.3, 0.4) is 0 Å². The Morgan fingerprint density at radius 2 is 1.79 bits per heavy atom. The Morgan fingerprint density at radius 3 is 2.42 bits per heavy atom. The van der Waals surface area contributed by atoms with Gasteiger partial charge in [-0.05, 0) is 41.5 Å². The van der Waals surface area contributed by atoms with E-state index in [1.54, 1.807) is 0 Å². The monoisotopic (exact) mass is 249 g/mol. The van der Waals surface area contributed by atoms with Crippen molar-refractivity contribution >= 4 is 0 Å². The third-order valence-corrected chi connectivity index (χ3v) is 3.30. The van der Waals surface area contributed by atoms with Gasteiger partial charge in [-0.2, -0.15) is 5.26 Å². The lowest BCUT2D eigenvalue weighted by molar-refractivity contribution is 0.586. The Morgan fingerprint density at radius 1 is 1.05 bits per heavy atom. The first kappa shape index (κ1) is 13.4. The first-order chi connectivity index (χ1) is 9.20. The summed E-state index contributed by atoms with van der Waals surface area (Å²) in [4.78, 5) is 0. The van der Waals surface area contributed by atoms with E-state index < -0.39 is 0 Å². The average molecular weight is 249 g/mol. The smallest absolute Gasteiger partial charge is 0.0998 e. The minimum absolute atomic E-state index is 0.694. The molecule has 0 atom stereocenters. The summed E-state index contributed by atoms with van der Waals surface area (Å²) in [5.41, 5.74) is 4.16. The molecule has 0 aliphatic rings. The lowest BCUT2D eigenvalue weighted by Gasteiger charge is -2.08. The van der Waals surface area contributed by atoms with Crippen LogP contribution in [0.15, 0.2) is 48.5 Å². The minimum atomic E-state index is 0.694. The quantitative estimate of drug-likeness (QED) is 0.762. The SMILES string of the molecule is CC(C)CCc1ccc(-c2ccccc2)c(C#N)c1. The van der Waals surface area contributed by atoms with Gasteiger partial charge >= 0.3 is 0 Å². The van der Waals surface area contributed by atoms with Gasteiger partial charge in [0.2, 0.25) is 0 Å². The highest BCUT2D eigenvalue weighted by Gasteiger charge is 2.06. The highest BCUT2D eigenvalue weighted by molar-refractivity contribution is 5.70. The summed E-state index contributed by atoms with van der Waals surface area (Å²) in [5, 5.41) is 9.33. The largest absolute Gasteiger partial charge is 0.192 e. The van der Waals surface area contributed by atoms with E-state index >= 15 is 0 Å². The maximum atomic E-state index is 9.33. The molecule has 96 valence electrons. The molecule has 0 heterocycles. The number of benzene rings is 2. The molecule has 0 saturated heterocycles. The average Bonchev–Trinajstić information content (AvgIpc) is 2.45. The van der Waals surface area contributed by atoms with Crippen LogP contribution in [0.5, 0.6) is 0 Å². The summed E-state index contributed by atoms with van der Waals surface area (Å²) in [6.07, 6.45) is 2.21. The fourth-order valence-electron chi connectivity index (χ4n) is 2.16. The van der Waals surface area contributed by atoms with Crippen LogP contribution < -0.4 is 0 Å². The summed E-state index contributed by atoms with van der Waals surface area (Å²) in [7, 11) is 0. The van der Waals surface area contributed by atoms with Crippen LogP contribution in [0.4, 0.5) is 0 Å². The van der Waals surface area contributed by atoms with E-state index in [1.165, 1.54) is 5.56 Å². The number of hydrogen-bond acceptors (Lipinski definition) is 1. The van der Waals surface area contributed by atoms with Gasteiger partial charge in [-0.3, -0.25) is 0 Å². The number of rotatable bonds is 4. The third kappa shape index (κ3) is 3.45. The Labute approximate surface area is 115 Å². The molecule has 0 bridgehead atoms. The zero-order valence-corrected chi connectivity index (χ0v) is 11.6. The van der Waals surface area contributed by atoms with Crippen molar-refractivity contribution in [3.8, 4) is 17.2 Å². The number of nitriles is 1. The van der Waals surface area contributed by atoms with E-state index in [1.807, 2.05) is 36.4 Å². The zero-order chi connectivity index (χ0) is 13.7. The Balaban J connectivity index is 2.30. The molecule has 1 heteroatoms. The summed E-state index contributed by atoms with van der Waals surface area (Å²) in [5.74, 6) is 0.694. The Bertz CT molecular complexity index is 576. The number of nitrogens with zero attached hydrogens (tertiary/aromatic N) is 1. The van der Waals surface area contributed by atoms with Crippen molar-refractivity contribution in [2.75, 3.05) is 0 Å². The maximum absolute atomic E-state index is 9.33. The second-order valence-corrected chi connectivity index (χ2v) is 5.29. The molecule has 0 unspecified atom stereocenters. The van der Waals surface area contributed by atoms with Crippen molar-refractivity contribution in [2.45, 2.75) is 26.7 Å². The van der Waals surface area contributed by atoms with Crippen LogP contribution >= 0.6 is 0 Å². The predicted octanol–water partition coefficient (Wildman–Crippen LogP) is 4.81. The Kier molecular flexibility index (Phi) is 4.36. The van der Waals surface area contributed by atoms with E-state index in [-0.39, 0.29) is 0 Å². The lowest BCUT2D eigenvalue weighted by Crippen LogP contribution is -1.94. The second kappa shape index (κ2) is 6.20. The first-order valence-electron chi connectivity index (χ1n) is 6.79. The Hall–Kier alpha value is -2.07. The van der Waals surface area contributed by atoms with E-state index in [0.29, 0.717) is 5.92 Å². The zero-order valence-electron chi connectivity index (χ0n) is 11.6. The first-order valence-corrected chi connectivity index (χ1v) is 6.79. The third-order valence-electron chi connectivity index (χ3n) is 3.30. The molecular weight excluding hydrogens is 230 g/mol. The highest BCUT2D eigenvalue weighted by Crippen LogP contribution is 2.24. The molecule has 0 aliphatic heterocycles. The lowest BCUT2D eigenvalue weighted by atomic mass is 9.95. The van der Waals surface area contributed by atoms with Crippen LogP contribution in [0, 0.1) is 17.2 Å². The van der Waals surface area contributed by atoms with Crippen molar-refractivity contribution in [1.82, 2.24) is 0 Å². The summed E-state index contributed by atoms with van der Waals surface area (Å²) < 4.78 is 0. The molecule has 0 fully saturated rings. The molecule has 0 radical (unpaired) electrons. The normalized spacial score (nSPS) is 10.4. The maximum Gasteiger partial charge on any atom is 0.0998 e. The van der Waals surface area contributed by atoms with Gasteiger partial charge in [0, 0.05) is 0 Å². The van der Waals surface area contributed by atoms with Gasteiger partial charge in [0.05, 0.1) is 11.6 Å². The fraction of sp³-hybridized carbons (Fsp3) is 0.278. The number of hydrogen-bond donors (Lipinski definition) is 0. The van der Waals surface area contributed by atoms with Crippen molar-refractivity contribution < 1.29 is 0 Å². The molecule has 19 heavy (non-hydrogen) atoms. The highest BCUT2D eigenvalue weighted by atomic mass is 14.2. The van der Waals surface area contributed by atoms with Gasteiger partial charge in [0.25, 0.3) is 0 Å². The summed E-state index contributed by atoms with van der Waals surface area (Å²) in [6, 6.07) is 18.7. The van der Waals surface area contributed by atoms with Crippen molar-refractivity contribution in [3.05, 3.63) is 59.7 Å². The second-order valence-electron chi connectivity index (χ2n) is 5.29. The van der Waals surface area contributed by atoms with E-state index in [4.69, 9.17) is 0 Å². The van der Waals surface area contributed by atoms with Crippen LogP contribution in [-0.4, -0.2) is 0 Å². The van der Waals surface area contributed by atoms with Gasteiger partial charge in [0.1, 0.15) is 0 Å². The summed E-state index contributed by atoms with van der Waals surface area (Å²) >= 11 is 0. The molecule has 0 spiro atoms. The van der Waals surface area contributed by atoms with Crippen molar-refractivity contribution in [3.63, 3.8) is 0 Å².